The normalized spacial score (nSPS) is 9.52. The summed E-state index contributed by atoms with van der Waals surface area (Å²) in [4.78, 5) is 0. The van der Waals surface area contributed by atoms with Gasteiger partial charge >= 0.3 is 83.7 Å². The van der Waals surface area contributed by atoms with Crippen LogP contribution in [0.3, 0.4) is 0 Å². The number of hydrogen-bond acceptors (Lipinski definition) is 0. The quantitative estimate of drug-likeness (QED) is 0.113. The summed E-state index contributed by atoms with van der Waals surface area (Å²) in [5, 5.41) is 10.8. The van der Waals surface area contributed by atoms with Crippen molar-refractivity contribution in [3.8, 4) is 0 Å². The van der Waals surface area contributed by atoms with Crippen molar-refractivity contribution in [1.82, 2.24) is 0 Å². The molecule has 0 N–H and O–H groups in total. The molecule has 256 valence electrons. The zero-order valence-corrected chi connectivity index (χ0v) is 39.0. The molecule has 0 aliphatic rings. The second kappa shape index (κ2) is 24.4. The molecular weight excluding hydrogens is 838 g/mol. The zero-order valence-electron chi connectivity index (χ0n) is 30.6. The standard InChI is InChI=1S/4C10H9.2C2H6Si.2ClH.2Zr/c4*1-8-6-9-4-2-3-5-10(9)7-8;2*1-3-2;;;;/h4*2-7H,1H3;2*1-2H3;2*1H;;/q4*-1;;;;;2*+2/p-2. The largest absolute Gasteiger partial charge is 1.00 e. The first kappa shape index (κ1) is 46.1. The first-order valence-corrected chi connectivity index (χ1v) is 28.8. The van der Waals surface area contributed by atoms with E-state index in [4.69, 9.17) is 0 Å². The maximum absolute atomic E-state index is 2.31. The summed E-state index contributed by atoms with van der Waals surface area (Å²) in [6, 6.07) is 51.3. The van der Waals surface area contributed by atoms with Crippen LogP contribution in [0.4, 0.5) is 0 Å². The number of rotatable bonds is 0. The van der Waals surface area contributed by atoms with E-state index in [-0.39, 0.29) is 35.7 Å². The van der Waals surface area contributed by atoms with Crippen molar-refractivity contribution in [3.05, 3.63) is 168 Å². The van der Waals surface area contributed by atoms with Gasteiger partial charge in [0.15, 0.2) is 0 Å². The van der Waals surface area contributed by atoms with Gasteiger partial charge in [-0.2, -0.15) is 24.3 Å². The molecule has 8 aromatic carbocycles. The Morgan fingerprint density at radius 2 is 0.520 bits per heavy atom. The molecule has 50 heavy (non-hydrogen) atoms. The van der Waals surface area contributed by atoms with Crippen LogP contribution in [0, 0.1) is 27.7 Å². The number of hydrogen-bond donors (Lipinski definition) is 0. The van der Waals surface area contributed by atoms with Gasteiger partial charge in [0.1, 0.15) is 0 Å². The third kappa shape index (κ3) is 17.1. The fourth-order valence-corrected chi connectivity index (χ4v) is 5.22. The van der Waals surface area contributed by atoms with Gasteiger partial charge in [0.25, 0.3) is 0 Å². The van der Waals surface area contributed by atoms with E-state index in [1.807, 2.05) is 0 Å². The monoisotopic (exact) mass is 882 g/mol. The maximum atomic E-state index is 2.31. The molecule has 0 nitrogen and oxygen atoms in total. The van der Waals surface area contributed by atoms with E-state index < -0.39 is 0 Å². The average Bonchev–Trinajstić information content (AvgIpc) is 3.79. The topological polar surface area (TPSA) is 0 Å². The van der Waals surface area contributed by atoms with Crippen LogP contribution in [0.5, 0.6) is 0 Å². The molecule has 0 amide bonds. The Hall–Kier alpha value is -1.90. The zero-order chi connectivity index (χ0) is 35.1. The minimum Gasteiger partial charge on any atom is -1.00 e. The number of aryl methyl sites for hydroxylation is 4. The molecule has 0 saturated carbocycles. The van der Waals surface area contributed by atoms with Gasteiger partial charge < -0.3 is 24.8 Å². The van der Waals surface area contributed by atoms with Gasteiger partial charge in [-0.05, 0) is 0 Å². The molecule has 0 aliphatic carbocycles. The summed E-state index contributed by atoms with van der Waals surface area (Å²) in [6.07, 6.45) is 0. The molecule has 0 heterocycles. The predicted molar refractivity (Wildman–Crippen MR) is 212 cm³/mol. The second-order valence-corrected chi connectivity index (χ2v) is 31.4. The average molecular weight is 886 g/mol. The van der Waals surface area contributed by atoms with Gasteiger partial charge in [0, 0.05) is 0 Å². The fourth-order valence-electron chi connectivity index (χ4n) is 5.22. The summed E-state index contributed by atoms with van der Waals surface area (Å²) in [7, 11) is 0. The molecule has 0 aliphatic heterocycles. The van der Waals surface area contributed by atoms with Gasteiger partial charge in [0.05, 0.1) is 0 Å². The molecule has 0 unspecified atom stereocenters. The van der Waals surface area contributed by atoms with Crippen molar-refractivity contribution >= 4 is 54.0 Å². The Morgan fingerprint density at radius 1 is 0.360 bits per heavy atom. The van der Waals surface area contributed by atoms with Crippen LogP contribution in [0.15, 0.2) is 146 Å². The Kier molecular flexibility index (Phi) is 22.5. The van der Waals surface area contributed by atoms with E-state index in [2.05, 4.69) is 199 Å². The van der Waals surface area contributed by atoms with E-state index in [1.54, 1.807) is 46.7 Å². The third-order valence-electron chi connectivity index (χ3n) is 7.05. The van der Waals surface area contributed by atoms with Crippen molar-refractivity contribution in [3.63, 3.8) is 0 Å². The molecule has 0 aromatic heterocycles. The molecule has 0 fully saturated rings. The predicted octanol–water partition coefficient (Wildman–Crippen LogP) is 7.05. The number of benzene rings is 4. The smallest absolute Gasteiger partial charge is 0.0579 e. The molecule has 0 atom stereocenters. The molecule has 8 aromatic rings. The van der Waals surface area contributed by atoms with Crippen molar-refractivity contribution in [2.24, 2.45) is 0 Å². The van der Waals surface area contributed by atoms with Gasteiger partial charge in [-0.1, -0.05) is 52.0 Å². The van der Waals surface area contributed by atoms with Crippen LogP contribution in [0.25, 0.3) is 43.1 Å². The van der Waals surface area contributed by atoms with Crippen molar-refractivity contribution in [2.75, 3.05) is 0 Å². The van der Waals surface area contributed by atoms with Crippen LogP contribution < -0.4 is 24.8 Å². The molecule has 6 heteroatoms. The molecule has 0 spiro atoms. The molecule has 0 saturated heterocycles. The fraction of sp³-hybridized carbons (Fsp3) is 0.182. The summed E-state index contributed by atoms with van der Waals surface area (Å²) in [5.41, 5.74) is 5.81. The first-order chi connectivity index (χ1) is 22.9. The number of fused-ring (bicyclic) bond motifs is 4. The second-order valence-electron chi connectivity index (χ2n) is 12.6. The summed E-state index contributed by atoms with van der Waals surface area (Å²) < 4.78 is 0. The van der Waals surface area contributed by atoms with E-state index in [0.717, 1.165) is 0 Å². The minimum atomic E-state index is 0. The first-order valence-electron chi connectivity index (χ1n) is 16.4. The molecule has 8 rings (SSSR count). The molecule has 0 bridgehead atoms. The summed E-state index contributed by atoms with van der Waals surface area (Å²) in [5.74, 6) is 0. The van der Waals surface area contributed by atoms with Crippen LogP contribution in [-0.4, -0.2) is 10.9 Å². The van der Waals surface area contributed by atoms with Crippen molar-refractivity contribution in [2.45, 2.75) is 53.9 Å². The van der Waals surface area contributed by atoms with E-state index in [9.17, 15) is 0 Å². The van der Waals surface area contributed by atoms with Crippen LogP contribution >= 0.6 is 0 Å². The van der Waals surface area contributed by atoms with E-state index in [1.165, 1.54) is 65.3 Å². The van der Waals surface area contributed by atoms with Crippen LogP contribution in [0.1, 0.15) is 22.3 Å². The Morgan fingerprint density at radius 3 is 0.680 bits per heavy atom. The van der Waals surface area contributed by atoms with Gasteiger partial charge in [-0.25, -0.2) is 0 Å². The van der Waals surface area contributed by atoms with Gasteiger partial charge in [0.2, 0.25) is 0 Å². The van der Waals surface area contributed by atoms with Crippen LogP contribution in [-0.2, 0) is 46.7 Å². The van der Waals surface area contributed by atoms with E-state index >= 15 is 0 Å². The Labute approximate surface area is 343 Å². The SMILES string of the molecule is C[Si](C)=[Zr+2].C[Si](C)=[Zr+2].Cc1cc2ccccc2[cH-]1.Cc1cc2ccccc2[cH-]1.Cc1cc2ccccc2[cH-]1.Cc1cc2ccccc2[cH-]1.[Cl-].[Cl-]. The maximum Gasteiger partial charge on any atom is -0.0579 e. The minimum absolute atomic E-state index is 0. The summed E-state index contributed by atoms with van der Waals surface area (Å²) in [6.45, 7) is 17.7. The van der Waals surface area contributed by atoms with Gasteiger partial charge in [-0.3, -0.25) is 0 Å². The Bertz CT molecular complexity index is 1740. The molecular formula is C44H48Cl2Si2Zr2-2. The van der Waals surface area contributed by atoms with Crippen molar-refractivity contribution < 1.29 is 71.5 Å². The number of halogens is 2. The third-order valence-corrected chi connectivity index (χ3v) is 7.05. The van der Waals surface area contributed by atoms with Gasteiger partial charge in [-0.15, -0.1) is 162 Å². The Balaban J connectivity index is 0.000000308. The van der Waals surface area contributed by atoms with Crippen LogP contribution in [0.2, 0.25) is 26.2 Å². The molecule has 0 radical (unpaired) electrons. The summed E-state index contributed by atoms with van der Waals surface area (Å²) >= 11 is 3.48. The van der Waals surface area contributed by atoms with Crippen molar-refractivity contribution in [1.29, 1.82) is 0 Å². The van der Waals surface area contributed by atoms with E-state index in [0.29, 0.717) is 0 Å².